The lowest BCUT2D eigenvalue weighted by molar-refractivity contribution is 0.0524. The Hall–Kier alpha value is -1.72. The molecule has 112 valence electrons. The highest BCUT2D eigenvalue weighted by atomic mass is 19.1. The van der Waals surface area contributed by atoms with Gasteiger partial charge in [0, 0.05) is 24.4 Å². The van der Waals surface area contributed by atoms with Gasteiger partial charge >= 0.3 is 0 Å². The molecule has 2 aromatic rings. The minimum absolute atomic E-state index is 0.0323. The lowest BCUT2D eigenvalue weighted by Gasteiger charge is -2.36. The van der Waals surface area contributed by atoms with E-state index in [1.54, 1.807) is 6.07 Å². The third-order valence-electron chi connectivity index (χ3n) is 4.22. The lowest BCUT2D eigenvalue weighted by Crippen LogP contribution is -2.45. The van der Waals surface area contributed by atoms with Crippen molar-refractivity contribution in [1.82, 2.24) is 4.98 Å². The maximum Gasteiger partial charge on any atom is 0.129 e. The highest BCUT2D eigenvalue weighted by Gasteiger charge is 2.28. The van der Waals surface area contributed by atoms with Gasteiger partial charge in [-0.3, -0.25) is 0 Å². The van der Waals surface area contributed by atoms with Crippen LogP contribution >= 0.6 is 0 Å². The van der Waals surface area contributed by atoms with Crippen LogP contribution in [0.15, 0.2) is 24.3 Å². The summed E-state index contributed by atoms with van der Waals surface area (Å²) in [4.78, 5) is 6.66. The molecule has 1 aliphatic heterocycles. The van der Waals surface area contributed by atoms with Crippen molar-refractivity contribution >= 4 is 16.7 Å². The Labute approximate surface area is 122 Å². The first-order chi connectivity index (χ1) is 10.1. The van der Waals surface area contributed by atoms with E-state index in [1.165, 1.54) is 12.1 Å². The SMILES string of the molecule is Cc1cc(N2CC[C@@H](O)[C@@H](CO)C2)nc2ccc(F)cc12. The molecule has 5 heteroatoms. The number of hydrogen-bond acceptors (Lipinski definition) is 4. The molecule has 0 aliphatic carbocycles. The fourth-order valence-corrected chi connectivity index (χ4v) is 2.92. The number of benzene rings is 1. The van der Waals surface area contributed by atoms with Crippen LogP contribution in [0.3, 0.4) is 0 Å². The molecule has 21 heavy (non-hydrogen) atoms. The molecule has 0 bridgehead atoms. The molecule has 0 spiro atoms. The molecule has 0 radical (unpaired) electrons. The van der Waals surface area contributed by atoms with Crippen molar-refractivity contribution in [2.24, 2.45) is 5.92 Å². The van der Waals surface area contributed by atoms with E-state index in [-0.39, 0.29) is 18.3 Å². The van der Waals surface area contributed by atoms with Crippen molar-refractivity contribution in [2.75, 3.05) is 24.6 Å². The predicted molar refractivity (Wildman–Crippen MR) is 79.9 cm³/mol. The van der Waals surface area contributed by atoms with Crippen molar-refractivity contribution in [3.05, 3.63) is 35.6 Å². The van der Waals surface area contributed by atoms with E-state index < -0.39 is 6.10 Å². The zero-order valence-electron chi connectivity index (χ0n) is 12.0. The number of aromatic nitrogens is 1. The van der Waals surface area contributed by atoms with Gasteiger partial charge in [-0.2, -0.15) is 0 Å². The van der Waals surface area contributed by atoms with Gasteiger partial charge in [-0.15, -0.1) is 0 Å². The second-order valence-corrected chi connectivity index (χ2v) is 5.70. The summed E-state index contributed by atoms with van der Waals surface area (Å²) >= 11 is 0. The molecule has 1 aliphatic rings. The lowest BCUT2D eigenvalue weighted by atomic mass is 9.95. The molecule has 4 nitrogen and oxygen atoms in total. The van der Waals surface area contributed by atoms with Gasteiger partial charge in [0.25, 0.3) is 0 Å². The molecule has 0 saturated carbocycles. The van der Waals surface area contributed by atoms with Crippen molar-refractivity contribution in [1.29, 1.82) is 0 Å². The number of aryl methyl sites for hydroxylation is 1. The fraction of sp³-hybridized carbons (Fsp3) is 0.438. The summed E-state index contributed by atoms with van der Waals surface area (Å²) in [5, 5.41) is 20.0. The highest BCUT2D eigenvalue weighted by molar-refractivity contribution is 5.84. The summed E-state index contributed by atoms with van der Waals surface area (Å²) in [5.74, 6) is 0.406. The number of aliphatic hydroxyl groups excluding tert-OH is 2. The van der Waals surface area contributed by atoms with Gasteiger partial charge in [0.15, 0.2) is 0 Å². The zero-order chi connectivity index (χ0) is 15.0. The summed E-state index contributed by atoms with van der Waals surface area (Å²) < 4.78 is 13.3. The first-order valence-corrected chi connectivity index (χ1v) is 7.19. The summed E-state index contributed by atoms with van der Waals surface area (Å²) in [6, 6.07) is 6.53. The van der Waals surface area contributed by atoms with E-state index in [2.05, 4.69) is 9.88 Å². The third kappa shape index (κ3) is 2.71. The van der Waals surface area contributed by atoms with Gasteiger partial charge in [0.05, 0.1) is 18.2 Å². The number of fused-ring (bicyclic) bond motifs is 1. The Morgan fingerprint density at radius 1 is 1.38 bits per heavy atom. The summed E-state index contributed by atoms with van der Waals surface area (Å²) in [6.45, 7) is 3.19. The van der Waals surface area contributed by atoms with E-state index in [1.807, 2.05) is 13.0 Å². The molecule has 0 amide bonds. The Morgan fingerprint density at radius 2 is 2.19 bits per heavy atom. The van der Waals surface area contributed by atoms with Crippen LogP contribution in [0.2, 0.25) is 0 Å². The van der Waals surface area contributed by atoms with Crippen LogP contribution in [-0.4, -0.2) is 41.0 Å². The average molecular weight is 290 g/mol. The van der Waals surface area contributed by atoms with Crippen LogP contribution < -0.4 is 4.90 Å². The van der Waals surface area contributed by atoms with Gasteiger partial charge < -0.3 is 15.1 Å². The Kier molecular flexibility index (Phi) is 3.78. The van der Waals surface area contributed by atoms with E-state index >= 15 is 0 Å². The maximum absolute atomic E-state index is 13.3. The molecular weight excluding hydrogens is 271 g/mol. The normalized spacial score (nSPS) is 22.8. The second kappa shape index (κ2) is 5.58. The summed E-state index contributed by atoms with van der Waals surface area (Å²) in [7, 11) is 0. The molecule has 2 heterocycles. The quantitative estimate of drug-likeness (QED) is 0.886. The zero-order valence-corrected chi connectivity index (χ0v) is 12.0. The van der Waals surface area contributed by atoms with Crippen LogP contribution in [0.1, 0.15) is 12.0 Å². The van der Waals surface area contributed by atoms with E-state index in [4.69, 9.17) is 0 Å². The van der Waals surface area contributed by atoms with Gasteiger partial charge in [-0.1, -0.05) is 0 Å². The minimum atomic E-state index is -0.457. The molecule has 2 N–H and O–H groups in total. The number of nitrogens with zero attached hydrogens (tertiary/aromatic N) is 2. The van der Waals surface area contributed by atoms with Crippen molar-refractivity contribution in [3.8, 4) is 0 Å². The van der Waals surface area contributed by atoms with E-state index in [0.717, 1.165) is 22.3 Å². The molecule has 1 aromatic heterocycles. The van der Waals surface area contributed by atoms with Crippen LogP contribution in [0.5, 0.6) is 0 Å². The molecule has 1 fully saturated rings. The number of aliphatic hydroxyl groups is 2. The number of hydrogen-bond donors (Lipinski definition) is 2. The molecule has 1 saturated heterocycles. The van der Waals surface area contributed by atoms with Crippen LogP contribution in [0, 0.1) is 18.7 Å². The summed E-state index contributed by atoms with van der Waals surface area (Å²) in [5.41, 5.74) is 1.74. The number of piperidine rings is 1. The Bertz CT molecular complexity index is 662. The third-order valence-corrected chi connectivity index (χ3v) is 4.22. The van der Waals surface area contributed by atoms with Crippen molar-refractivity contribution in [3.63, 3.8) is 0 Å². The Morgan fingerprint density at radius 3 is 2.95 bits per heavy atom. The van der Waals surface area contributed by atoms with E-state index in [0.29, 0.717) is 19.5 Å². The van der Waals surface area contributed by atoms with Crippen LogP contribution in [-0.2, 0) is 0 Å². The number of pyridine rings is 1. The van der Waals surface area contributed by atoms with Gasteiger partial charge in [-0.25, -0.2) is 9.37 Å². The molecule has 3 rings (SSSR count). The maximum atomic E-state index is 13.3. The number of halogens is 1. The first kappa shape index (κ1) is 14.2. The van der Waals surface area contributed by atoms with Crippen molar-refractivity contribution in [2.45, 2.75) is 19.4 Å². The molecule has 0 unspecified atom stereocenters. The highest BCUT2D eigenvalue weighted by Crippen LogP contribution is 2.26. The van der Waals surface area contributed by atoms with Gasteiger partial charge in [0.1, 0.15) is 11.6 Å². The monoisotopic (exact) mass is 290 g/mol. The molecule has 1 aromatic carbocycles. The second-order valence-electron chi connectivity index (χ2n) is 5.70. The topological polar surface area (TPSA) is 56.6 Å². The fourth-order valence-electron chi connectivity index (χ4n) is 2.92. The smallest absolute Gasteiger partial charge is 0.129 e. The summed E-state index contributed by atoms with van der Waals surface area (Å²) in [6.07, 6.45) is 0.162. The van der Waals surface area contributed by atoms with Crippen LogP contribution in [0.4, 0.5) is 10.2 Å². The van der Waals surface area contributed by atoms with Crippen LogP contribution in [0.25, 0.3) is 10.9 Å². The number of anilines is 1. The van der Waals surface area contributed by atoms with Gasteiger partial charge in [0.2, 0.25) is 0 Å². The average Bonchev–Trinajstić information content (AvgIpc) is 2.48. The van der Waals surface area contributed by atoms with E-state index in [9.17, 15) is 14.6 Å². The predicted octanol–water partition coefficient (Wildman–Crippen LogP) is 1.86. The Balaban J connectivity index is 1.96. The number of rotatable bonds is 2. The standard InChI is InChI=1S/C16H19FN2O2/c1-10-6-16(18-14-3-2-12(17)7-13(10)14)19-5-4-15(21)11(8-19)9-20/h2-3,6-7,11,15,20-21H,4-5,8-9H2,1H3/t11-,15-/m1/s1. The first-order valence-electron chi connectivity index (χ1n) is 7.19. The molecular formula is C16H19FN2O2. The van der Waals surface area contributed by atoms with Gasteiger partial charge in [-0.05, 0) is 43.2 Å². The molecule has 2 atom stereocenters. The van der Waals surface area contributed by atoms with Crippen molar-refractivity contribution < 1.29 is 14.6 Å². The largest absolute Gasteiger partial charge is 0.396 e. The minimum Gasteiger partial charge on any atom is -0.396 e.